The predicted molar refractivity (Wildman–Crippen MR) is 44.7 cm³/mol. The number of allylic oxidation sites excluding steroid dienone is 1. The van der Waals surface area contributed by atoms with E-state index in [0.29, 0.717) is 12.0 Å². The molecule has 60 valence electrons. The Hall–Kier alpha value is -1.34. The zero-order valence-corrected chi connectivity index (χ0v) is 6.85. The zero-order chi connectivity index (χ0) is 8.85. The van der Waals surface area contributed by atoms with Gasteiger partial charge < -0.3 is 4.90 Å². The second-order valence-electron chi connectivity index (χ2n) is 2.30. The first-order chi connectivity index (χ1) is 5.13. The van der Waals surface area contributed by atoms with Crippen molar-refractivity contribution in [2.75, 3.05) is 14.1 Å². The fraction of sp³-hybridized carbons (Fsp3) is 0.375. The highest BCUT2D eigenvalue weighted by Crippen LogP contribution is 2.00. The molecule has 3 heteroatoms. The second kappa shape index (κ2) is 4.47. The van der Waals surface area contributed by atoms with Crippen LogP contribution < -0.4 is 0 Å². The monoisotopic (exact) mass is 152 g/mol. The lowest BCUT2D eigenvalue weighted by Crippen LogP contribution is -2.23. The Kier molecular flexibility index (Phi) is 3.93. The topological polar surface area (TPSA) is 44.2 Å². The van der Waals surface area contributed by atoms with Crippen molar-refractivity contribution >= 4 is 11.8 Å². The van der Waals surface area contributed by atoms with E-state index in [4.69, 9.17) is 5.41 Å². The third-order valence-electron chi connectivity index (χ3n) is 1.16. The van der Waals surface area contributed by atoms with Crippen LogP contribution in [0.5, 0.6) is 0 Å². The summed E-state index contributed by atoms with van der Waals surface area (Å²) in [5.41, 5.74) is 0.338. The van der Waals surface area contributed by atoms with Crippen molar-refractivity contribution in [2.45, 2.75) is 6.42 Å². The van der Waals surface area contributed by atoms with Crippen molar-refractivity contribution in [2.24, 2.45) is 0 Å². The van der Waals surface area contributed by atoms with Crippen LogP contribution in [0.3, 0.4) is 0 Å². The van der Waals surface area contributed by atoms with Crippen LogP contribution in [0.15, 0.2) is 18.2 Å². The number of carbonyl (C=O) groups is 1. The molecule has 0 aliphatic rings. The smallest absolute Gasteiger partial charge is 0.258 e. The van der Waals surface area contributed by atoms with Crippen LogP contribution in [-0.4, -0.2) is 30.8 Å². The lowest BCUT2D eigenvalue weighted by Gasteiger charge is -2.09. The van der Waals surface area contributed by atoms with Gasteiger partial charge in [-0.05, 0) is 5.87 Å². The molecule has 0 aliphatic heterocycles. The fourth-order valence-corrected chi connectivity index (χ4v) is 0.606. The van der Waals surface area contributed by atoms with Crippen molar-refractivity contribution in [3.63, 3.8) is 0 Å². The number of hydrogen-bond acceptors (Lipinski definition) is 2. The van der Waals surface area contributed by atoms with Gasteiger partial charge in [-0.2, -0.15) is 0 Å². The van der Waals surface area contributed by atoms with Gasteiger partial charge >= 0.3 is 0 Å². The maximum atomic E-state index is 11.1. The molecule has 0 bridgehead atoms. The molecular weight excluding hydrogens is 140 g/mol. The van der Waals surface area contributed by atoms with Gasteiger partial charge in [0.1, 0.15) is 0 Å². The van der Waals surface area contributed by atoms with E-state index in [1.807, 2.05) is 0 Å². The van der Waals surface area contributed by atoms with E-state index in [-0.39, 0.29) is 5.91 Å². The Labute approximate surface area is 66.5 Å². The molecule has 0 atom stereocenters. The van der Waals surface area contributed by atoms with E-state index >= 15 is 0 Å². The van der Waals surface area contributed by atoms with Crippen LogP contribution in [0.2, 0.25) is 0 Å². The molecule has 0 saturated heterocycles. The summed E-state index contributed by atoms with van der Waals surface area (Å²) in [6.07, 6.45) is 1.98. The lowest BCUT2D eigenvalue weighted by molar-refractivity contribution is -0.124. The van der Waals surface area contributed by atoms with Gasteiger partial charge in [-0.3, -0.25) is 10.2 Å². The summed E-state index contributed by atoms with van der Waals surface area (Å²) in [7, 11) is 3.28. The molecule has 3 nitrogen and oxygen atoms in total. The summed E-state index contributed by atoms with van der Waals surface area (Å²) >= 11 is 0. The number of hydrogen-bond donors (Lipinski definition) is 1. The highest BCUT2D eigenvalue weighted by atomic mass is 16.2. The molecule has 0 saturated carbocycles. The van der Waals surface area contributed by atoms with Crippen LogP contribution >= 0.6 is 0 Å². The minimum atomic E-state index is -0.181. The van der Waals surface area contributed by atoms with Gasteiger partial charge in [-0.15, -0.1) is 6.58 Å². The molecule has 0 heterocycles. The molecule has 0 aliphatic carbocycles. The minimum Gasteiger partial charge on any atom is -0.344 e. The van der Waals surface area contributed by atoms with E-state index in [9.17, 15) is 4.79 Å². The van der Waals surface area contributed by atoms with Crippen LogP contribution in [0.4, 0.5) is 0 Å². The molecule has 0 spiro atoms. The molecule has 0 unspecified atom stereocenters. The van der Waals surface area contributed by atoms with Crippen molar-refractivity contribution < 1.29 is 4.79 Å². The molecular formula is C8H12N2O. The van der Waals surface area contributed by atoms with Gasteiger partial charge in [0.15, 0.2) is 0 Å². The maximum Gasteiger partial charge on any atom is 0.258 e. The number of rotatable bonds is 3. The molecule has 0 aromatic rings. The number of carbonyl (C=O) groups excluding carboxylic acids is 1. The van der Waals surface area contributed by atoms with Crippen LogP contribution in [0.1, 0.15) is 6.42 Å². The van der Waals surface area contributed by atoms with Crippen molar-refractivity contribution in [1.82, 2.24) is 4.90 Å². The lowest BCUT2D eigenvalue weighted by atomic mass is 10.2. The second-order valence-corrected chi connectivity index (χ2v) is 2.30. The Balaban J connectivity index is 4.41. The molecule has 1 amide bonds. The van der Waals surface area contributed by atoms with E-state index in [2.05, 4.69) is 12.4 Å². The number of nitrogens with zero attached hydrogens (tertiary/aromatic N) is 1. The molecule has 11 heavy (non-hydrogen) atoms. The van der Waals surface area contributed by atoms with Crippen molar-refractivity contribution in [3.05, 3.63) is 18.2 Å². The Morgan fingerprint density at radius 1 is 1.73 bits per heavy atom. The summed E-state index contributed by atoms with van der Waals surface area (Å²) in [5, 5.41) is 6.80. The zero-order valence-electron chi connectivity index (χ0n) is 6.85. The highest BCUT2D eigenvalue weighted by Gasteiger charge is 2.08. The van der Waals surface area contributed by atoms with Crippen molar-refractivity contribution in [3.8, 4) is 0 Å². The van der Waals surface area contributed by atoms with Crippen LogP contribution in [-0.2, 0) is 4.79 Å². The van der Waals surface area contributed by atoms with Gasteiger partial charge in [-0.25, -0.2) is 0 Å². The van der Waals surface area contributed by atoms with Crippen molar-refractivity contribution in [1.29, 1.82) is 5.41 Å². The molecule has 0 rings (SSSR count). The quantitative estimate of drug-likeness (QED) is 0.363. The standard InChI is InChI=1S/C8H12N2O/c1-4-5-7(6-9)8(11)10(2)3/h4,9H,1,5H2,2-3H3. The third-order valence-corrected chi connectivity index (χ3v) is 1.16. The summed E-state index contributed by atoms with van der Waals surface area (Å²) in [6.45, 7) is 3.48. The first-order valence-corrected chi connectivity index (χ1v) is 3.24. The van der Waals surface area contributed by atoms with Gasteiger partial charge in [0.2, 0.25) is 0 Å². The fourth-order valence-electron chi connectivity index (χ4n) is 0.606. The van der Waals surface area contributed by atoms with Crippen LogP contribution in [0.25, 0.3) is 0 Å². The summed E-state index contributed by atoms with van der Waals surface area (Å²) in [4.78, 5) is 12.5. The van der Waals surface area contributed by atoms with E-state index in [0.717, 1.165) is 0 Å². The Bertz CT molecular complexity index is 212. The number of likely N-dealkylation sites (N-methyl/N-ethyl adjacent to an activating group) is 1. The van der Waals surface area contributed by atoms with E-state index in [1.54, 1.807) is 20.2 Å². The number of amides is 1. The van der Waals surface area contributed by atoms with Gasteiger partial charge in [0, 0.05) is 20.5 Å². The first-order valence-electron chi connectivity index (χ1n) is 3.24. The SMILES string of the molecule is C=CCC(=C=N)C(=O)N(C)C. The summed E-state index contributed by atoms with van der Waals surface area (Å²) in [5.74, 6) is 1.91. The molecule has 0 aromatic carbocycles. The molecule has 0 radical (unpaired) electrons. The third kappa shape index (κ3) is 2.83. The Morgan fingerprint density at radius 2 is 2.27 bits per heavy atom. The number of nitrogens with one attached hydrogen (secondary N) is 1. The molecule has 1 N–H and O–H groups in total. The molecule has 0 aromatic heterocycles. The van der Waals surface area contributed by atoms with Gasteiger partial charge in [0.05, 0.1) is 5.57 Å². The summed E-state index contributed by atoms with van der Waals surface area (Å²) in [6, 6.07) is 0. The Morgan fingerprint density at radius 3 is 2.55 bits per heavy atom. The van der Waals surface area contributed by atoms with Crippen LogP contribution in [0, 0.1) is 5.41 Å². The largest absolute Gasteiger partial charge is 0.344 e. The maximum absolute atomic E-state index is 11.1. The van der Waals surface area contributed by atoms with Gasteiger partial charge in [-0.1, -0.05) is 6.08 Å². The average Bonchev–Trinajstić information content (AvgIpc) is 1.98. The minimum absolute atomic E-state index is 0.181. The predicted octanol–water partition coefficient (Wildman–Crippen LogP) is 0.826. The highest BCUT2D eigenvalue weighted by molar-refractivity contribution is 6.00. The average molecular weight is 152 g/mol. The summed E-state index contributed by atoms with van der Waals surface area (Å²) < 4.78 is 0. The van der Waals surface area contributed by atoms with E-state index in [1.165, 1.54) is 4.90 Å². The van der Waals surface area contributed by atoms with E-state index < -0.39 is 0 Å². The van der Waals surface area contributed by atoms with Gasteiger partial charge in [0.25, 0.3) is 5.91 Å². The molecule has 0 fully saturated rings. The first kappa shape index (κ1) is 9.66. The normalized spacial score (nSPS) is 8.18.